The number of aromatic amines is 1. The topological polar surface area (TPSA) is 81.3 Å². The zero-order chi connectivity index (χ0) is 28.2. The van der Waals surface area contributed by atoms with Gasteiger partial charge in [-0.15, -0.1) is 0 Å². The third-order valence-electron chi connectivity index (χ3n) is 7.54. The molecule has 0 spiro atoms. The fourth-order valence-electron chi connectivity index (χ4n) is 5.43. The molecule has 1 aromatic heterocycles. The Bertz CT molecular complexity index is 1530. The third kappa shape index (κ3) is 5.86. The van der Waals surface area contributed by atoms with E-state index in [-0.39, 0.29) is 24.1 Å². The number of halogens is 1. The smallest absolute Gasteiger partial charge is 0.320 e. The van der Waals surface area contributed by atoms with Gasteiger partial charge in [0.2, 0.25) is 5.95 Å². The summed E-state index contributed by atoms with van der Waals surface area (Å²) in [5.41, 5.74) is 6.81. The van der Waals surface area contributed by atoms with Crippen molar-refractivity contribution in [3.05, 3.63) is 83.2 Å². The fourth-order valence-corrected chi connectivity index (χ4v) is 5.43. The summed E-state index contributed by atoms with van der Waals surface area (Å²) in [5.74, 6) is 0.478. The summed E-state index contributed by atoms with van der Waals surface area (Å²) in [6.07, 6.45) is 1.32. The molecule has 0 saturated carbocycles. The summed E-state index contributed by atoms with van der Waals surface area (Å²) in [6, 6.07) is 18.2. The third-order valence-corrected chi connectivity index (χ3v) is 7.54. The van der Waals surface area contributed by atoms with Gasteiger partial charge in [0.05, 0.1) is 17.1 Å². The van der Waals surface area contributed by atoms with Crippen LogP contribution in [0.1, 0.15) is 55.8 Å². The number of likely N-dealkylation sites (tertiary alicyclic amines) is 1. The molecule has 1 aliphatic rings. The number of piperidine rings is 1. The molecule has 0 bridgehead atoms. The fraction of sp³-hybridized carbons (Fsp3) is 0.344. The Morgan fingerprint density at radius 1 is 1.12 bits per heavy atom. The molecule has 40 heavy (non-hydrogen) atoms. The number of nitrogens with one attached hydrogen (secondary N) is 2. The maximum atomic E-state index is 14.1. The number of carbonyl (C=O) groups is 2. The van der Waals surface area contributed by atoms with Crippen LogP contribution in [0.4, 0.5) is 15.1 Å². The summed E-state index contributed by atoms with van der Waals surface area (Å²) in [5, 5.41) is 3.22. The molecule has 8 heteroatoms. The molecule has 3 aromatic carbocycles. The molecular weight excluding hydrogens is 505 g/mol. The van der Waals surface area contributed by atoms with Crippen molar-refractivity contribution in [1.29, 1.82) is 0 Å². The number of anilines is 1. The predicted octanol–water partition coefficient (Wildman–Crippen LogP) is 6.85. The summed E-state index contributed by atoms with van der Waals surface area (Å²) < 4.78 is 14.1. The zero-order valence-electron chi connectivity index (χ0n) is 23.3. The number of hydrogen-bond donors (Lipinski definition) is 2. The van der Waals surface area contributed by atoms with Crippen LogP contribution in [0.5, 0.6) is 0 Å². The number of Topliss-reactive ketones (excluding diaryl/α,β-unsaturated/α-hetero) is 1. The largest absolute Gasteiger partial charge is 0.356 e. The summed E-state index contributed by atoms with van der Waals surface area (Å²) in [7, 11) is 0. The molecule has 2 amide bonds. The summed E-state index contributed by atoms with van der Waals surface area (Å²) in [4.78, 5) is 37.8. The van der Waals surface area contributed by atoms with Crippen molar-refractivity contribution in [3.63, 3.8) is 0 Å². The van der Waals surface area contributed by atoms with Crippen LogP contribution in [0.25, 0.3) is 22.2 Å². The normalized spacial score (nSPS) is 15.4. The Kier molecular flexibility index (Phi) is 8.14. The first-order chi connectivity index (χ1) is 19.4. The van der Waals surface area contributed by atoms with Gasteiger partial charge in [-0.25, -0.2) is 14.2 Å². The van der Waals surface area contributed by atoms with Gasteiger partial charge in [-0.3, -0.25) is 4.79 Å². The van der Waals surface area contributed by atoms with Crippen molar-refractivity contribution < 1.29 is 14.0 Å². The highest BCUT2D eigenvalue weighted by Crippen LogP contribution is 2.32. The molecule has 4 aromatic rings. The molecule has 7 nitrogen and oxygen atoms in total. The molecule has 1 saturated heterocycles. The highest BCUT2D eigenvalue weighted by molar-refractivity contribution is 5.85. The second kappa shape index (κ2) is 11.9. The van der Waals surface area contributed by atoms with Crippen molar-refractivity contribution in [1.82, 2.24) is 19.8 Å². The van der Waals surface area contributed by atoms with Crippen molar-refractivity contribution in [2.45, 2.75) is 52.6 Å². The Balaban J connectivity index is 1.42. The van der Waals surface area contributed by atoms with E-state index in [0.29, 0.717) is 31.6 Å². The minimum absolute atomic E-state index is 0.0933. The highest BCUT2D eigenvalue weighted by Gasteiger charge is 2.34. The van der Waals surface area contributed by atoms with Crippen LogP contribution in [0.3, 0.4) is 0 Å². The van der Waals surface area contributed by atoms with E-state index in [1.54, 1.807) is 17.0 Å². The van der Waals surface area contributed by atoms with E-state index >= 15 is 0 Å². The lowest BCUT2D eigenvalue weighted by Gasteiger charge is -2.39. The Hall–Kier alpha value is -4.20. The van der Waals surface area contributed by atoms with Crippen molar-refractivity contribution in [2.24, 2.45) is 0 Å². The number of ketones is 1. The number of benzene rings is 3. The highest BCUT2D eigenvalue weighted by atomic mass is 19.1. The van der Waals surface area contributed by atoms with Gasteiger partial charge in [0.1, 0.15) is 11.6 Å². The second-order valence-electron chi connectivity index (χ2n) is 10.5. The van der Waals surface area contributed by atoms with Crippen LogP contribution in [0, 0.1) is 12.7 Å². The first-order valence-electron chi connectivity index (χ1n) is 14.0. The maximum Gasteiger partial charge on any atom is 0.320 e. The number of H-pyrrole nitrogens is 1. The first kappa shape index (κ1) is 27.4. The molecule has 1 unspecified atom stereocenters. The van der Waals surface area contributed by atoms with Crippen LogP contribution >= 0.6 is 0 Å². The van der Waals surface area contributed by atoms with E-state index in [9.17, 15) is 14.0 Å². The van der Waals surface area contributed by atoms with Crippen LogP contribution < -0.4 is 5.32 Å². The van der Waals surface area contributed by atoms with Gasteiger partial charge < -0.3 is 20.1 Å². The zero-order valence-corrected chi connectivity index (χ0v) is 23.3. The molecule has 1 fully saturated rings. The first-order valence-corrected chi connectivity index (χ1v) is 14.0. The number of nitrogens with zero attached hydrogens (tertiary/aromatic N) is 3. The summed E-state index contributed by atoms with van der Waals surface area (Å²) in [6.45, 7) is 8.29. The lowest BCUT2D eigenvalue weighted by atomic mass is 9.94. The SMILES string of the molecule is CCCN(Cc1cc(-c2ccc3nc(NCC)[nH]c3c2)ccc1C)C(=O)N1CCC(=O)CC1c1cccc(F)c1. The maximum absolute atomic E-state index is 14.1. The molecule has 208 valence electrons. The minimum atomic E-state index is -0.468. The standard InChI is InChI=1S/C32H36FN5O2/c1-4-14-37(32(40)38-15-13-27(39)19-30(38)24-7-6-8-26(33)17-24)20-25-16-22(10-9-21(25)3)23-11-12-28-29(18-23)36-31(35-28)34-5-2/h6-12,16-18,30H,4-5,13-15,19-20H2,1-3H3,(H2,34,35,36). The Morgan fingerprint density at radius 3 is 2.70 bits per heavy atom. The lowest BCUT2D eigenvalue weighted by Crippen LogP contribution is -2.48. The Labute approximate surface area is 234 Å². The van der Waals surface area contributed by atoms with E-state index in [1.165, 1.54) is 12.1 Å². The minimum Gasteiger partial charge on any atom is -0.356 e. The van der Waals surface area contributed by atoms with Gasteiger partial charge in [0.25, 0.3) is 0 Å². The average Bonchev–Trinajstić information content (AvgIpc) is 3.35. The van der Waals surface area contributed by atoms with E-state index in [2.05, 4.69) is 59.5 Å². The average molecular weight is 542 g/mol. The number of hydrogen-bond acceptors (Lipinski definition) is 4. The number of carbonyl (C=O) groups excluding carboxylic acids is 2. The molecule has 2 heterocycles. The van der Waals surface area contributed by atoms with Crippen LogP contribution in [-0.4, -0.2) is 51.2 Å². The van der Waals surface area contributed by atoms with Crippen LogP contribution in [-0.2, 0) is 11.3 Å². The van der Waals surface area contributed by atoms with Crippen molar-refractivity contribution >= 4 is 28.8 Å². The molecule has 0 aliphatic carbocycles. The number of aryl methyl sites for hydroxylation is 1. The quantitative estimate of drug-likeness (QED) is 0.256. The molecule has 1 aliphatic heterocycles. The van der Waals surface area contributed by atoms with E-state index in [4.69, 9.17) is 0 Å². The van der Waals surface area contributed by atoms with E-state index in [0.717, 1.165) is 52.2 Å². The van der Waals surface area contributed by atoms with E-state index < -0.39 is 6.04 Å². The molecule has 1 atom stereocenters. The van der Waals surface area contributed by atoms with Gasteiger partial charge in [-0.1, -0.05) is 37.3 Å². The van der Waals surface area contributed by atoms with Gasteiger partial charge in [-0.2, -0.15) is 0 Å². The number of amides is 2. The molecule has 0 radical (unpaired) electrons. The van der Waals surface area contributed by atoms with Gasteiger partial charge in [0.15, 0.2) is 0 Å². The number of aromatic nitrogens is 2. The second-order valence-corrected chi connectivity index (χ2v) is 10.5. The number of imidazole rings is 1. The monoisotopic (exact) mass is 541 g/mol. The number of rotatable bonds is 8. The Morgan fingerprint density at radius 2 is 1.93 bits per heavy atom. The van der Waals surface area contributed by atoms with Crippen molar-refractivity contribution in [3.8, 4) is 11.1 Å². The lowest BCUT2D eigenvalue weighted by molar-refractivity contribution is -0.122. The van der Waals surface area contributed by atoms with Gasteiger partial charge >= 0.3 is 6.03 Å². The molecular formula is C32H36FN5O2. The molecule has 2 N–H and O–H groups in total. The molecule has 5 rings (SSSR count). The number of urea groups is 1. The van der Waals surface area contributed by atoms with Gasteiger partial charge in [0, 0.05) is 39.0 Å². The van der Waals surface area contributed by atoms with Crippen LogP contribution in [0.15, 0.2) is 60.7 Å². The number of fused-ring (bicyclic) bond motifs is 1. The van der Waals surface area contributed by atoms with Crippen molar-refractivity contribution in [2.75, 3.05) is 25.0 Å². The summed E-state index contributed by atoms with van der Waals surface area (Å²) >= 11 is 0. The van der Waals surface area contributed by atoms with Crippen LogP contribution in [0.2, 0.25) is 0 Å². The van der Waals surface area contributed by atoms with E-state index in [1.807, 2.05) is 17.9 Å². The van der Waals surface area contributed by atoms with Gasteiger partial charge in [-0.05, 0) is 78.4 Å². The predicted molar refractivity (Wildman–Crippen MR) is 157 cm³/mol.